The highest BCUT2D eigenvalue weighted by molar-refractivity contribution is 6.30. The minimum Gasteiger partial charge on any atom is -0.262 e. The lowest BCUT2D eigenvalue weighted by molar-refractivity contribution is 0.663. The highest BCUT2D eigenvalue weighted by atomic mass is 35.5. The Morgan fingerprint density at radius 3 is 2.65 bits per heavy atom. The van der Waals surface area contributed by atoms with E-state index in [1.165, 1.54) is 0 Å². The molecule has 2 heterocycles. The van der Waals surface area contributed by atoms with E-state index >= 15 is 0 Å². The molecule has 0 saturated carbocycles. The van der Waals surface area contributed by atoms with Crippen LogP contribution >= 0.6 is 11.6 Å². The number of aromatic nitrogens is 4. The monoisotopic (exact) mass is 250 g/mol. The molecule has 4 nitrogen and oxygen atoms in total. The Morgan fingerprint density at radius 1 is 1.29 bits per heavy atom. The fourth-order valence-corrected chi connectivity index (χ4v) is 2.20. The summed E-state index contributed by atoms with van der Waals surface area (Å²) in [6, 6.07) is 1.90. The average Bonchev–Trinajstić information content (AvgIpc) is 2.76. The van der Waals surface area contributed by atoms with Gasteiger partial charge >= 0.3 is 0 Å². The van der Waals surface area contributed by atoms with Crippen molar-refractivity contribution in [3.63, 3.8) is 0 Å². The van der Waals surface area contributed by atoms with Crippen LogP contribution in [0.25, 0.3) is 11.5 Å². The molecule has 90 valence electrons. The lowest BCUT2D eigenvalue weighted by Gasteiger charge is -2.08. The third kappa shape index (κ3) is 2.17. The standard InChI is InChI=1S/C12H15ClN4/c1-4-9-8(3)15-12(16-11(9)13)10-6-7-14-17(10)5-2/h6-7H,4-5H2,1-3H3. The Morgan fingerprint density at radius 2 is 2.06 bits per heavy atom. The summed E-state index contributed by atoms with van der Waals surface area (Å²) in [5, 5.41) is 4.75. The highest BCUT2D eigenvalue weighted by Gasteiger charge is 2.12. The molecule has 5 heteroatoms. The molecule has 2 aromatic rings. The smallest absolute Gasteiger partial charge is 0.179 e. The van der Waals surface area contributed by atoms with Crippen molar-refractivity contribution in [2.24, 2.45) is 0 Å². The zero-order chi connectivity index (χ0) is 12.4. The van der Waals surface area contributed by atoms with E-state index in [9.17, 15) is 0 Å². The minimum atomic E-state index is 0.541. The Labute approximate surface area is 106 Å². The van der Waals surface area contributed by atoms with Crippen LogP contribution < -0.4 is 0 Å². The van der Waals surface area contributed by atoms with Gasteiger partial charge in [-0.1, -0.05) is 18.5 Å². The first-order valence-corrected chi connectivity index (χ1v) is 6.10. The summed E-state index contributed by atoms with van der Waals surface area (Å²) >= 11 is 6.17. The van der Waals surface area contributed by atoms with Gasteiger partial charge in [-0.15, -0.1) is 0 Å². The van der Waals surface area contributed by atoms with Crippen molar-refractivity contribution in [3.05, 3.63) is 28.7 Å². The fourth-order valence-electron chi connectivity index (χ4n) is 1.85. The quantitative estimate of drug-likeness (QED) is 0.787. The van der Waals surface area contributed by atoms with Crippen molar-refractivity contribution in [1.82, 2.24) is 19.7 Å². The first-order valence-electron chi connectivity index (χ1n) is 5.72. The van der Waals surface area contributed by atoms with Crippen LogP contribution in [-0.2, 0) is 13.0 Å². The summed E-state index contributed by atoms with van der Waals surface area (Å²) in [7, 11) is 0. The van der Waals surface area contributed by atoms with E-state index in [0.29, 0.717) is 11.0 Å². The number of halogens is 1. The molecule has 0 atom stereocenters. The first-order chi connectivity index (χ1) is 8.17. The second-order valence-corrected chi connectivity index (χ2v) is 4.15. The first kappa shape index (κ1) is 12.0. The van der Waals surface area contributed by atoms with Crippen LogP contribution in [0.3, 0.4) is 0 Å². The molecule has 0 amide bonds. The topological polar surface area (TPSA) is 43.6 Å². The Hall–Kier alpha value is -1.42. The second kappa shape index (κ2) is 4.84. The average molecular weight is 251 g/mol. The van der Waals surface area contributed by atoms with E-state index in [1.54, 1.807) is 6.20 Å². The predicted molar refractivity (Wildman–Crippen MR) is 68.1 cm³/mol. The van der Waals surface area contributed by atoms with E-state index in [4.69, 9.17) is 11.6 Å². The Balaban J connectivity index is 2.54. The molecule has 0 aliphatic rings. The summed E-state index contributed by atoms with van der Waals surface area (Å²) < 4.78 is 1.86. The summed E-state index contributed by atoms with van der Waals surface area (Å²) in [5.41, 5.74) is 2.85. The third-order valence-electron chi connectivity index (χ3n) is 2.76. The highest BCUT2D eigenvalue weighted by Crippen LogP contribution is 2.22. The van der Waals surface area contributed by atoms with Gasteiger partial charge in [-0.25, -0.2) is 9.97 Å². The van der Waals surface area contributed by atoms with Gasteiger partial charge in [0.1, 0.15) is 10.8 Å². The van der Waals surface area contributed by atoms with Crippen molar-refractivity contribution in [2.45, 2.75) is 33.7 Å². The van der Waals surface area contributed by atoms with Gasteiger partial charge in [0, 0.05) is 24.0 Å². The molecule has 0 fully saturated rings. The van der Waals surface area contributed by atoms with Crippen molar-refractivity contribution in [3.8, 4) is 11.5 Å². The van der Waals surface area contributed by atoms with Crippen LogP contribution in [0, 0.1) is 6.92 Å². The van der Waals surface area contributed by atoms with Gasteiger partial charge in [0.25, 0.3) is 0 Å². The fraction of sp³-hybridized carbons (Fsp3) is 0.417. The van der Waals surface area contributed by atoms with Gasteiger partial charge in [-0.3, -0.25) is 4.68 Å². The van der Waals surface area contributed by atoms with E-state index in [0.717, 1.165) is 29.9 Å². The minimum absolute atomic E-state index is 0.541. The van der Waals surface area contributed by atoms with E-state index in [-0.39, 0.29) is 0 Å². The molecule has 2 rings (SSSR count). The molecule has 0 aliphatic carbocycles. The molecule has 0 spiro atoms. The maximum absolute atomic E-state index is 6.17. The van der Waals surface area contributed by atoms with Gasteiger partial charge in [0.05, 0.1) is 0 Å². The Kier molecular flexibility index (Phi) is 3.43. The molecule has 0 saturated heterocycles. The summed E-state index contributed by atoms with van der Waals surface area (Å²) in [6.45, 7) is 6.83. The lowest BCUT2D eigenvalue weighted by atomic mass is 10.2. The van der Waals surface area contributed by atoms with E-state index in [1.807, 2.05) is 31.5 Å². The molecule has 17 heavy (non-hydrogen) atoms. The number of rotatable bonds is 3. The van der Waals surface area contributed by atoms with Crippen LogP contribution in [0.15, 0.2) is 12.3 Å². The lowest BCUT2D eigenvalue weighted by Crippen LogP contribution is -2.04. The zero-order valence-electron chi connectivity index (χ0n) is 10.2. The van der Waals surface area contributed by atoms with Crippen molar-refractivity contribution in [1.29, 1.82) is 0 Å². The Bertz CT molecular complexity index is 510. The predicted octanol–water partition coefficient (Wildman–Crippen LogP) is 2.88. The molecule has 0 bridgehead atoms. The van der Waals surface area contributed by atoms with Gasteiger partial charge in [-0.05, 0) is 26.3 Å². The molecule has 0 aliphatic heterocycles. The maximum Gasteiger partial charge on any atom is 0.179 e. The van der Waals surface area contributed by atoms with Crippen molar-refractivity contribution < 1.29 is 0 Å². The number of hydrogen-bond acceptors (Lipinski definition) is 3. The van der Waals surface area contributed by atoms with Crippen LogP contribution in [0.5, 0.6) is 0 Å². The molecular weight excluding hydrogens is 236 g/mol. The van der Waals surface area contributed by atoms with E-state index < -0.39 is 0 Å². The SMILES string of the molecule is CCc1c(C)nc(-c2ccnn2CC)nc1Cl. The van der Waals surface area contributed by atoms with Gasteiger partial charge in [-0.2, -0.15) is 5.10 Å². The van der Waals surface area contributed by atoms with Crippen LogP contribution in [0.1, 0.15) is 25.1 Å². The van der Waals surface area contributed by atoms with Gasteiger partial charge in [0.2, 0.25) is 0 Å². The molecule has 2 aromatic heterocycles. The number of hydrogen-bond donors (Lipinski definition) is 0. The molecule has 0 aromatic carbocycles. The molecule has 0 radical (unpaired) electrons. The van der Waals surface area contributed by atoms with Crippen molar-refractivity contribution in [2.75, 3.05) is 0 Å². The third-order valence-corrected chi connectivity index (χ3v) is 3.07. The van der Waals surface area contributed by atoms with Crippen LogP contribution in [0.4, 0.5) is 0 Å². The molecule has 0 N–H and O–H groups in total. The van der Waals surface area contributed by atoms with Crippen LogP contribution in [0.2, 0.25) is 5.15 Å². The summed E-state index contributed by atoms with van der Waals surface area (Å²) in [6.07, 6.45) is 2.59. The zero-order valence-corrected chi connectivity index (χ0v) is 11.0. The largest absolute Gasteiger partial charge is 0.262 e. The normalized spacial score (nSPS) is 10.8. The number of nitrogens with zero attached hydrogens (tertiary/aromatic N) is 4. The van der Waals surface area contributed by atoms with Gasteiger partial charge in [0.15, 0.2) is 5.82 Å². The van der Waals surface area contributed by atoms with Crippen molar-refractivity contribution >= 4 is 11.6 Å². The molecular formula is C12H15ClN4. The summed E-state index contributed by atoms with van der Waals surface area (Å²) in [5.74, 6) is 0.643. The van der Waals surface area contributed by atoms with E-state index in [2.05, 4.69) is 15.1 Å². The second-order valence-electron chi connectivity index (χ2n) is 3.79. The summed E-state index contributed by atoms with van der Waals surface area (Å²) in [4.78, 5) is 8.85. The maximum atomic E-state index is 6.17. The van der Waals surface area contributed by atoms with Crippen LogP contribution in [-0.4, -0.2) is 19.7 Å². The van der Waals surface area contributed by atoms with Gasteiger partial charge < -0.3 is 0 Å². The molecule has 0 unspecified atom stereocenters. The number of aryl methyl sites for hydroxylation is 2.